The zero-order chi connectivity index (χ0) is 14.1. The zero-order valence-corrected chi connectivity index (χ0v) is 11.7. The van der Waals surface area contributed by atoms with Crippen LogP contribution in [0.3, 0.4) is 0 Å². The summed E-state index contributed by atoms with van der Waals surface area (Å²) < 4.78 is 0. The van der Waals surface area contributed by atoms with E-state index in [4.69, 9.17) is 5.53 Å². The van der Waals surface area contributed by atoms with Crippen molar-refractivity contribution < 1.29 is 9.58 Å². The second-order valence-electron chi connectivity index (χ2n) is 6.39. The van der Waals surface area contributed by atoms with Gasteiger partial charge in [0.2, 0.25) is 5.78 Å². The third-order valence-electron chi connectivity index (χ3n) is 5.56. The molecule has 1 aromatic carbocycles. The van der Waals surface area contributed by atoms with Crippen LogP contribution in [0.15, 0.2) is 30.3 Å². The molecule has 0 amide bonds. The van der Waals surface area contributed by atoms with E-state index >= 15 is 0 Å². The second kappa shape index (κ2) is 4.99. The summed E-state index contributed by atoms with van der Waals surface area (Å²) in [4.78, 5) is 15.2. The van der Waals surface area contributed by atoms with Crippen LogP contribution in [0.4, 0.5) is 0 Å². The lowest BCUT2D eigenvalue weighted by atomic mass is 9.61. The van der Waals surface area contributed by atoms with Crippen molar-refractivity contribution in [3.05, 3.63) is 41.4 Å². The molecule has 0 unspecified atom stereocenters. The zero-order valence-electron chi connectivity index (χ0n) is 11.7. The number of Topliss-reactive ketones (excluding diaryl/α,β-unsaturated/α-hetero) is 1. The van der Waals surface area contributed by atoms with Crippen LogP contribution in [-0.2, 0) is 10.2 Å². The Balaban J connectivity index is 1.90. The molecule has 3 nitrogen and oxygen atoms in total. The third kappa shape index (κ3) is 2.03. The Morgan fingerprint density at radius 2 is 1.75 bits per heavy atom. The summed E-state index contributed by atoms with van der Waals surface area (Å²) in [6.45, 7) is 0. The molecule has 104 valence electrons. The van der Waals surface area contributed by atoms with E-state index in [0.29, 0.717) is 0 Å². The smallest absolute Gasteiger partial charge is 0.323 e. The van der Waals surface area contributed by atoms with Crippen LogP contribution < -0.4 is 0 Å². The van der Waals surface area contributed by atoms with Crippen LogP contribution >= 0.6 is 0 Å². The molecule has 20 heavy (non-hydrogen) atoms. The lowest BCUT2D eigenvalue weighted by Crippen LogP contribution is -2.39. The van der Waals surface area contributed by atoms with E-state index < -0.39 is 0 Å². The van der Waals surface area contributed by atoms with Crippen molar-refractivity contribution in [2.75, 3.05) is 0 Å². The van der Waals surface area contributed by atoms with Crippen molar-refractivity contribution >= 4 is 12.0 Å². The second-order valence-corrected chi connectivity index (χ2v) is 6.39. The summed E-state index contributed by atoms with van der Waals surface area (Å²) in [7, 11) is 0. The van der Waals surface area contributed by atoms with Crippen molar-refractivity contribution in [2.24, 2.45) is 5.41 Å². The monoisotopic (exact) mass is 268 g/mol. The highest BCUT2D eigenvalue weighted by Gasteiger charge is 2.50. The van der Waals surface area contributed by atoms with E-state index in [1.54, 1.807) is 0 Å². The fourth-order valence-electron chi connectivity index (χ4n) is 4.26. The molecule has 3 aliphatic carbocycles. The van der Waals surface area contributed by atoms with E-state index in [1.165, 1.54) is 12.0 Å². The summed E-state index contributed by atoms with van der Waals surface area (Å²) in [6.07, 6.45) is 8.29. The normalized spacial score (nSPS) is 32.2. The molecule has 0 atom stereocenters. The SMILES string of the molecule is [N-]=[N+]=CC(=O)C12CCCC(c3ccccc3)(CC1)CC2. The van der Waals surface area contributed by atoms with Gasteiger partial charge >= 0.3 is 6.21 Å². The lowest BCUT2D eigenvalue weighted by molar-refractivity contribution is -0.127. The lowest BCUT2D eigenvalue weighted by Gasteiger charge is -2.41. The van der Waals surface area contributed by atoms with Crippen molar-refractivity contribution in [3.8, 4) is 0 Å². The van der Waals surface area contributed by atoms with Gasteiger partial charge < -0.3 is 5.53 Å². The maximum absolute atomic E-state index is 12.3. The molecular weight excluding hydrogens is 248 g/mol. The molecule has 0 N–H and O–H groups in total. The Morgan fingerprint density at radius 3 is 2.40 bits per heavy atom. The van der Waals surface area contributed by atoms with Crippen LogP contribution in [0.25, 0.3) is 5.53 Å². The molecule has 4 rings (SSSR count). The molecule has 2 bridgehead atoms. The molecule has 0 heterocycles. The first kappa shape index (κ1) is 13.3. The summed E-state index contributed by atoms with van der Waals surface area (Å²) in [6, 6.07) is 10.7. The van der Waals surface area contributed by atoms with E-state index in [2.05, 4.69) is 35.1 Å². The summed E-state index contributed by atoms with van der Waals surface area (Å²) >= 11 is 0. The van der Waals surface area contributed by atoms with E-state index in [0.717, 1.165) is 44.7 Å². The van der Waals surface area contributed by atoms with Crippen molar-refractivity contribution in [1.29, 1.82) is 0 Å². The molecule has 0 saturated heterocycles. The van der Waals surface area contributed by atoms with Gasteiger partial charge in [-0.05, 0) is 49.5 Å². The quantitative estimate of drug-likeness (QED) is 0.470. The highest BCUT2D eigenvalue weighted by molar-refractivity contribution is 6.27. The Morgan fingerprint density at radius 1 is 1.05 bits per heavy atom. The van der Waals surface area contributed by atoms with Gasteiger partial charge in [0.15, 0.2) is 0 Å². The first-order valence-corrected chi connectivity index (χ1v) is 7.48. The van der Waals surface area contributed by atoms with Crippen LogP contribution in [-0.4, -0.2) is 16.8 Å². The van der Waals surface area contributed by atoms with Gasteiger partial charge in [-0.3, -0.25) is 4.79 Å². The highest BCUT2D eigenvalue weighted by atomic mass is 16.1. The predicted octanol–water partition coefficient (Wildman–Crippen LogP) is 3.54. The van der Waals surface area contributed by atoms with Crippen LogP contribution in [0.1, 0.15) is 50.5 Å². The number of ketones is 1. The van der Waals surface area contributed by atoms with E-state index in [1.807, 2.05) is 0 Å². The Labute approximate surface area is 119 Å². The van der Waals surface area contributed by atoms with Gasteiger partial charge in [-0.15, -0.1) is 0 Å². The Bertz CT molecular complexity index is 550. The van der Waals surface area contributed by atoms with Crippen LogP contribution in [0.5, 0.6) is 0 Å². The molecule has 0 radical (unpaired) electrons. The number of hydrogen-bond acceptors (Lipinski definition) is 1. The van der Waals surface area contributed by atoms with E-state index in [9.17, 15) is 4.79 Å². The standard InChI is InChI=1S/C17H20N2O/c18-19-13-15(20)17-8-4-7-16(9-11-17,10-12-17)14-5-2-1-3-6-14/h1-3,5-6,13H,4,7-12H2. The number of nitrogens with zero attached hydrogens (tertiary/aromatic N) is 2. The summed E-state index contributed by atoms with van der Waals surface area (Å²) in [5.41, 5.74) is 10.1. The van der Waals surface area contributed by atoms with Gasteiger partial charge in [-0.1, -0.05) is 36.8 Å². The van der Waals surface area contributed by atoms with Crippen molar-refractivity contribution in [1.82, 2.24) is 0 Å². The van der Waals surface area contributed by atoms with E-state index in [-0.39, 0.29) is 16.6 Å². The molecule has 3 heteroatoms. The average Bonchev–Trinajstić information content (AvgIpc) is 2.81. The maximum Gasteiger partial charge on any atom is 0.323 e. The Hall–Kier alpha value is -1.73. The fraction of sp³-hybridized carbons (Fsp3) is 0.529. The number of carbonyl (C=O) groups excluding carboxylic acids is 1. The molecule has 0 spiro atoms. The molecular formula is C17H20N2O. The fourth-order valence-corrected chi connectivity index (χ4v) is 4.26. The minimum absolute atomic E-state index is 0.0172. The highest BCUT2D eigenvalue weighted by Crippen LogP contribution is 2.55. The first-order chi connectivity index (χ1) is 9.71. The largest absolute Gasteiger partial charge is 0.361 e. The van der Waals surface area contributed by atoms with Crippen molar-refractivity contribution in [2.45, 2.75) is 50.4 Å². The van der Waals surface area contributed by atoms with Crippen LogP contribution in [0, 0.1) is 5.41 Å². The van der Waals surface area contributed by atoms with Crippen LogP contribution in [0.2, 0.25) is 0 Å². The number of rotatable bonds is 3. The number of carbonyl (C=O) groups is 1. The topological polar surface area (TPSA) is 53.5 Å². The number of hydrogen-bond donors (Lipinski definition) is 0. The van der Waals surface area contributed by atoms with Crippen molar-refractivity contribution in [3.63, 3.8) is 0 Å². The van der Waals surface area contributed by atoms with Gasteiger partial charge in [0.25, 0.3) is 0 Å². The van der Waals surface area contributed by atoms with Gasteiger partial charge in [0.05, 0.1) is 0 Å². The Kier molecular flexibility index (Phi) is 3.31. The molecule has 3 saturated carbocycles. The van der Waals surface area contributed by atoms with Gasteiger partial charge in [-0.2, -0.15) is 4.79 Å². The molecule has 3 aliphatic rings. The third-order valence-corrected chi connectivity index (χ3v) is 5.56. The van der Waals surface area contributed by atoms with Gasteiger partial charge in [0, 0.05) is 5.41 Å². The van der Waals surface area contributed by atoms with Gasteiger partial charge in [-0.25, -0.2) is 0 Å². The molecule has 3 fully saturated rings. The molecule has 1 aromatic rings. The first-order valence-electron chi connectivity index (χ1n) is 7.48. The summed E-state index contributed by atoms with van der Waals surface area (Å²) in [5, 5.41) is 0. The molecule has 0 aromatic heterocycles. The number of fused-ring (bicyclic) bond motifs is 4. The average molecular weight is 268 g/mol. The minimum Gasteiger partial charge on any atom is -0.361 e. The minimum atomic E-state index is -0.263. The maximum atomic E-state index is 12.3. The van der Waals surface area contributed by atoms with Gasteiger partial charge in [0.1, 0.15) is 0 Å². The molecule has 0 aliphatic heterocycles. The summed E-state index contributed by atoms with van der Waals surface area (Å²) in [5.74, 6) is 0.0172. The predicted molar refractivity (Wildman–Crippen MR) is 77.6 cm³/mol. The number of benzene rings is 1.